The number of rotatable bonds is 8. The molecule has 0 aliphatic heterocycles. The van der Waals surface area contributed by atoms with Crippen molar-refractivity contribution < 1.29 is 0 Å². The minimum absolute atomic E-state index is 0.574. The minimum atomic E-state index is 0.574. The van der Waals surface area contributed by atoms with Crippen molar-refractivity contribution in [3.63, 3.8) is 0 Å². The van der Waals surface area contributed by atoms with Crippen LogP contribution in [0.3, 0.4) is 0 Å². The van der Waals surface area contributed by atoms with E-state index in [1.54, 1.807) is 0 Å². The van der Waals surface area contributed by atoms with Gasteiger partial charge in [-0.15, -0.1) is 0 Å². The van der Waals surface area contributed by atoms with Gasteiger partial charge in [0, 0.05) is 19.1 Å². The fourth-order valence-electron chi connectivity index (χ4n) is 2.53. The SMILES string of the molecule is CCc1cc(CNC(C)C(CC)CC)n(CC)n1. The van der Waals surface area contributed by atoms with Crippen molar-refractivity contribution in [3.05, 3.63) is 17.5 Å². The zero-order valence-electron chi connectivity index (χ0n) is 12.7. The number of aryl methyl sites for hydroxylation is 2. The standard InChI is InChI=1S/C15H29N3/c1-6-13(7-2)12(5)16-11-15-10-14(8-3)17-18(15)9-4/h10,12-13,16H,6-9,11H2,1-5H3. The van der Waals surface area contributed by atoms with Crippen molar-refractivity contribution in [3.8, 4) is 0 Å². The van der Waals surface area contributed by atoms with Crippen molar-refractivity contribution in [2.75, 3.05) is 0 Å². The molecule has 0 saturated heterocycles. The fraction of sp³-hybridized carbons (Fsp3) is 0.800. The van der Waals surface area contributed by atoms with E-state index in [0.29, 0.717) is 6.04 Å². The van der Waals surface area contributed by atoms with Crippen molar-refractivity contribution in [2.24, 2.45) is 5.92 Å². The Bertz CT molecular complexity index is 340. The van der Waals surface area contributed by atoms with Gasteiger partial charge in [-0.25, -0.2) is 0 Å². The molecule has 104 valence electrons. The highest BCUT2D eigenvalue weighted by atomic mass is 15.3. The second kappa shape index (κ2) is 7.57. The Morgan fingerprint density at radius 2 is 1.89 bits per heavy atom. The summed E-state index contributed by atoms with van der Waals surface area (Å²) < 4.78 is 2.12. The second-order valence-corrected chi connectivity index (χ2v) is 5.04. The van der Waals surface area contributed by atoms with Crippen LogP contribution in [0.15, 0.2) is 6.07 Å². The maximum Gasteiger partial charge on any atom is 0.0625 e. The lowest BCUT2D eigenvalue weighted by molar-refractivity contribution is 0.349. The Balaban J connectivity index is 2.59. The Kier molecular flexibility index (Phi) is 6.41. The topological polar surface area (TPSA) is 29.9 Å². The molecule has 1 atom stereocenters. The van der Waals surface area contributed by atoms with Gasteiger partial charge in [-0.3, -0.25) is 4.68 Å². The summed E-state index contributed by atoms with van der Waals surface area (Å²) in [7, 11) is 0. The van der Waals surface area contributed by atoms with Gasteiger partial charge in [0.25, 0.3) is 0 Å². The highest BCUT2D eigenvalue weighted by Gasteiger charge is 2.14. The molecular weight excluding hydrogens is 222 g/mol. The average Bonchev–Trinajstić information content (AvgIpc) is 2.80. The third-order valence-corrected chi connectivity index (χ3v) is 3.94. The van der Waals surface area contributed by atoms with E-state index in [1.165, 1.54) is 24.2 Å². The lowest BCUT2D eigenvalue weighted by Gasteiger charge is -2.22. The lowest BCUT2D eigenvalue weighted by atomic mass is 9.95. The first-order chi connectivity index (χ1) is 8.65. The summed E-state index contributed by atoms with van der Waals surface area (Å²) in [5, 5.41) is 8.24. The first-order valence-electron chi connectivity index (χ1n) is 7.45. The van der Waals surface area contributed by atoms with Gasteiger partial charge in [0.05, 0.1) is 11.4 Å². The molecule has 1 aromatic heterocycles. The van der Waals surface area contributed by atoms with Gasteiger partial charge in [-0.05, 0) is 32.3 Å². The predicted molar refractivity (Wildman–Crippen MR) is 77.7 cm³/mol. The third kappa shape index (κ3) is 3.84. The molecule has 1 rings (SSSR count). The van der Waals surface area contributed by atoms with Gasteiger partial charge in [-0.1, -0.05) is 33.6 Å². The van der Waals surface area contributed by atoms with Crippen molar-refractivity contribution in [1.29, 1.82) is 0 Å². The molecule has 3 nitrogen and oxygen atoms in total. The average molecular weight is 251 g/mol. The fourth-order valence-corrected chi connectivity index (χ4v) is 2.53. The van der Waals surface area contributed by atoms with Crippen molar-refractivity contribution in [1.82, 2.24) is 15.1 Å². The maximum atomic E-state index is 4.59. The molecule has 0 aromatic carbocycles. The smallest absolute Gasteiger partial charge is 0.0625 e. The molecule has 3 heteroatoms. The van der Waals surface area contributed by atoms with Crippen LogP contribution in [-0.2, 0) is 19.5 Å². The van der Waals surface area contributed by atoms with Gasteiger partial charge in [0.15, 0.2) is 0 Å². The highest BCUT2D eigenvalue weighted by Crippen LogP contribution is 2.13. The number of nitrogens with zero attached hydrogens (tertiary/aromatic N) is 2. The Labute approximate surface area is 112 Å². The summed E-state index contributed by atoms with van der Waals surface area (Å²) in [6.45, 7) is 13.0. The molecule has 0 fully saturated rings. The van der Waals surface area contributed by atoms with Gasteiger partial charge in [0.1, 0.15) is 0 Å². The van der Waals surface area contributed by atoms with E-state index in [0.717, 1.165) is 25.4 Å². The molecule has 1 unspecified atom stereocenters. The molecule has 0 aliphatic carbocycles. The van der Waals surface area contributed by atoms with Gasteiger partial charge in [-0.2, -0.15) is 5.10 Å². The van der Waals surface area contributed by atoms with E-state index >= 15 is 0 Å². The Morgan fingerprint density at radius 3 is 2.39 bits per heavy atom. The zero-order chi connectivity index (χ0) is 13.5. The van der Waals surface area contributed by atoms with E-state index in [9.17, 15) is 0 Å². The van der Waals surface area contributed by atoms with Crippen LogP contribution in [0.1, 0.15) is 58.8 Å². The highest BCUT2D eigenvalue weighted by molar-refractivity contribution is 5.10. The zero-order valence-corrected chi connectivity index (χ0v) is 12.7. The molecule has 0 amide bonds. The molecule has 0 bridgehead atoms. The maximum absolute atomic E-state index is 4.59. The van der Waals surface area contributed by atoms with Crippen LogP contribution in [-0.4, -0.2) is 15.8 Å². The molecule has 1 aromatic rings. The molecule has 0 spiro atoms. The van der Waals surface area contributed by atoms with Crippen molar-refractivity contribution in [2.45, 2.75) is 73.0 Å². The van der Waals surface area contributed by atoms with Crippen LogP contribution < -0.4 is 5.32 Å². The van der Waals surface area contributed by atoms with Crippen LogP contribution >= 0.6 is 0 Å². The Hall–Kier alpha value is -0.830. The van der Waals surface area contributed by atoms with E-state index in [2.05, 4.69) is 55.8 Å². The van der Waals surface area contributed by atoms with E-state index in [1.807, 2.05) is 0 Å². The van der Waals surface area contributed by atoms with E-state index < -0.39 is 0 Å². The van der Waals surface area contributed by atoms with Crippen molar-refractivity contribution >= 4 is 0 Å². The molecule has 18 heavy (non-hydrogen) atoms. The van der Waals surface area contributed by atoms with Crippen LogP contribution in [0.2, 0.25) is 0 Å². The van der Waals surface area contributed by atoms with E-state index in [-0.39, 0.29) is 0 Å². The van der Waals surface area contributed by atoms with Crippen LogP contribution in [0.25, 0.3) is 0 Å². The largest absolute Gasteiger partial charge is 0.308 e. The number of aromatic nitrogens is 2. The van der Waals surface area contributed by atoms with Crippen LogP contribution in [0, 0.1) is 5.92 Å². The molecule has 1 N–H and O–H groups in total. The van der Waals surface area contributed by atoms with Crippen LogP contribution in [0.4, 0.5) is 0 Å². The molecule has 0 aliphatic rings. The number of hydrogen-bond acceptors (Lipinski definition) is 2. The summed E-state index contributed by atoms with van der Waals surface area (Å²) in [5.41, 5.74) is 2.51. The number of nitrogens with one attached hydrogen (secondary N) is 1. The summed E-state index contributed by atoms with van der Waals surface area (Å²) in [5.74, 6) is 0.772. The Morgan fingerprint density at radius 1 is 1.22 bits per heavy atom. The van der Waals surface area contributed by atoms with Gasteiger partial charge in [0.2, 0.25) is 0 Å². The number of hydrogen-bond donors (Lipinski definition) is 1. The van der Waals surface area contributed by atoms with Gasteiger partial charge < -0.3 is 5.32 Å². The summed E-state index contributed by atoms with van der Waals surface area (Å²) in [6.07, 6.45) is 3.51. The summed E-state index contributed by atoms with van der Waals surface area (Å²) in [6, 6.07) is 2.81. The lowest BCUT2D eigenvalue weighted by Crippen LogP contribution is -2.33. The normalized spacial score (nSPS) is 13.2. The summed E-state index contributed by atoms with van der Waals surface area (Å²) in [4.78, 5) is 0. The first-order valence-corrected chi connectivity index (χ1v) is 7.45. The third-order valence-electron chi connectivity index (χ3n) is 3.94. The molecule has 1 heterocycles. The molecular formula is C15H29N3. The predicted octanol–water partition coefficient (Wildman–Crippen LogP) is 3.38. The minimum Gasteiger partial charge on any atom is -0.308 e. The molecule has 0 radical (unpaired) electrons. The second-order valence-electron chi connectivity index (χ2n) is 5.04. The van der Waals surface area contributed by atoms with Crippen LogP contribution in [0.5, 0.6) is 0 Å². The molecule has 0 saturated carbocycles. The first kappa shape index (κ1) is 15.2. The quantitative estimate of drug-likeness (QED) is 0.767. The van der Waals surface area contributed by atoms with Gasteiger partial charge >= 0.3 is 0 Å². The summed E-state index contributed by atoms with van der Waals surface area (Å²) >= 11 is 0. The van der Waals surface area contributed by atoms with E-state index in [4.69, 9.17) is 0 Å². The monoisotopic (exact) mass is 251 g/mol.